The number of hydrogen-bond donors (Lipinski definition) is 2. The van der Waals surface area contributed by atoms with Gasteiger partial charge in [0.2, 0.25) is 5.91 Å². The maximum Gasteiger partial charge on any atom is 0.416 e. The van der Waals surface area contributed by atoms with Gasteiger partial charge in [-0.05, 0) is 37.1 Å². The second-order valence-electron chi connectivity index (χ2n) is 5.69. The fourth-order valence-electron chi connectivity index (χ4n) is 2.67. The largest absolute Gasteiger partial charge is 0.416 e. The first-order valence-electron chi connectivity index (χ1n) is 7.65. The Labute approximate surface area is 128 Å². The molecular weight excluding hydrogens is 293 g/mol. The summed E-state index contributed by atoms with van der Waals surface area (Å²) in [5, 5.41) is 5.83. The van der Waals surface area contributed by atoms with Crippen LogP contribution in [0.1, 0.15) is 44.1 Å². The summed E-state index contributed by atoms with van der Waals surface area (Å²) in [6.07, 6.45) is 2.65. The molecule has 1 fully saturated rings. The van der Waals surface area contributed by atoms with Crippen molar-refractivity contribution in [3.05, 3.63) is 29.8 Å². The minimum Gasteiger partial charge on any atom is -0.325 e. The van der Waals surface area contributed by atoms with E-state index in [1.54, 1.807) is 0 Å². The van der Waals surface area contributed by atoms with Crippen LogP contribution in [0.5, 0.6) is 0 Å². The van der Waals surface area contributed by atoms with Crippen LogP contribution in [0, 0.1) is 0 Å². The Kier molecular flexibility index (Phi) is 5.83. The van der Waals surface area contributed by atoms with E-state index in [2.05, 4.69) is 10.6 Å². The van der Waals surface area contributed by atoms with Gasteiger partial charge in [-0.2, -0.15) is 13.2 Å². The molecular formula is C16H21F3N2O. The highest BCUT2D eigenvalue weighted by Gasteiger charge is 2.29. The van der Waals surface area contributed by atoms with Crippen LogP contribution in [0.2, 0.25) is 0 Å². The van der Waals surface area contributed by atoms with Crippen LogP contribution in [0.4, 0.5) is 18.9 Å². The van der Waals surface area contributed by atoms with Crippen molar-refractivity contribution in [2.24, 2.45) is 0 Å². The van der Waals surface area contributed by atoms with E-state index in [9.17, 15) is 18.0 Å². The number of amides is 1. The third-order valence-electron chi connectivity index (χ3n) is 3.90. The van der Waals surface area contributed by atoms with Gasteiger partial charge in [0, 0.05) is 11.7 Å². The molecule has 0 spiro atoms. The van der Waals surface area contributed by atoms with Crippen molar-refractivity contribution in [2.75, 3.05) is 11.9 Å². The molecule has 1 aliphatic carbocycles. The first-order chi connectivity index (χ1) is 10.4. The molecule has 2 N–H and O–H groups in total. The standard InChI is InChI=1S/C16H21F3N2O/c17-16(18,19)12-7-9-14(10-8-12)21-15(22)11-20-13-5-3-1-2-4-6-13/h7-10,13,20H,1-6,11H2,(H,21,22). The molecule has 0 saturated heterocycles. The van der Waals surface area contributed by atoms with Gasteiger partial charge in [-0.15, -0.1) is 0 Å². The van der Waals surface area contributed by atoms with Crippen LogP contribution < -0.4 is 10.6 Å². The van der Waals surface area contributed by atoms with E-state index in [-0.39, 0.29) is 12.5 Å². The van der Waals surface area contributed by atoms with E-state index in [4.69, 9.17) is 0 Å². The summed E-state index contributed by atoms with van der Waals surface area (Å²) in [5.41, 5.74) is -0.345. The molecule has 1 amide bonds. The van der Waals surface area contributed by atoms with E-state index in [0.29, 0.717) is 11.7 Å². The van der Waals surface area contributed by atoms with Gasteiger partial charge in [-0.1, -0.05) is 25.7 Å². The van der Waals surface area contributed by atoms with E-state index >= 15 is 0 Å². The molecule has 0 radical (unpaired) electrons. The van der Waals surface area contributed by atoms with Crippen molar-refractivity contribution < 1.29 is 18.0 Å². The summed E-state index contributed by atoms with van der Waals surface area (Å²) in [5.74, 6) is -0.232. The van der Waals surface area contributed by atoms with Crippen molar-refractivity contribution in [1.29, 1.82) is 0 Å². The predicted octanol–water partition coefficient (Wildman–Crippen LogP) is 3.96. The summed E-state index contributed by atoms with van der Waals surface area (Å²) in [6, 6.07) is 4.84. The maximum absolute atomic E-state index is 12.4. The number of hydrogen-bond acceptors (Lipinski definition) is 2. The average Bonchev–Trinajstić information content (AvgIpc) is 2.73. The lowest BCUT2D eigenvalue weighted by atomic mass is 10.1. The molecule has 0 aliphatic heterocycles. The van der Waals surface area contributed by atoms with Gasteiger partial charge in [0.25, 0.3) is 0 Å². The number of carbonyl (C=O) groups excluding carboxylic acids is 1. The number of carbonyl (C=O) groups is 1. The summed E-state index contributed by atoms with van der Waals surface area (Å²) in [7, 11) is 0. The number of rotatable bonds is 4. The average molecular weight is 314 g/mol. The Hall–Kier alpha value is -1.56. The molecule has 1 aliphatic rings. The van der Waals surface area contributed by atoms with E-state index in [0.717, 1.165) is 25.0 Å². The van der Waals surface area contributed by atoms with Crippen molar-refractivity contribution in [1.82, 2.24) is 5.32 Å². The van der Waals surface area contributed by atoms with Gasteiger partial charge in [0.05, 0.1) is 12.1 Å². The van der Waals surface area contributed by atoms with Gasteiger partial charge in [-0.25, -0.2) is 0 Å². The molecule has 1 aromatic carbocycles. The Bertz CT molecular complexity index is 477. The van der Waals surface area contributed by atoms with Crippen LogP contribution >= 0.6 is 0 Å². The zero-order chi connectivity index (χ0) is 16.0. The normalized spacial score (nSPS) is 17.0. The third kappa shape index (κ3) is 5.33. The third-order valence-corrected chi connectivity index (χ3v) is 3.90. The minimum atomic E-state index is -4.36. The Morgan fingerprint density at radius 3 is 2.18 bits per heavy atom. The van der Waals surface area contributed by atoms with Crippen LogP contribution in [0.15, 0.2) is 24.3 Å². The Morgan fingerprint density at radius 2 is 1.64 bits per heavy atom. The topological polar surface area (TPSA) is 41.1 Å². The van der Waals surface area contributed by atoms with Crippen molar-refractivity contribution in [3.8, 4) is 0 Å². The lowest BCUT2D eigenvalue weighted by Gasteiger charge is -2.16. The van der Waals surface area contributed by atoms with Crippen molar-refractivity contribution in [3.63, 3.8) is 0 Å². The Morgan fingerprint density at radius 1 is 1.05 bits per heavy atom. The fourth-order valence-corrected chi connectivity index (χ4v) is 2.67. The van der Waals surface area contributed by atoms with E-state index in [1.807, 2.05) is 0 Å². The first-order valence-corrected chi connectivity index (χ1v) is 7.65. The highest BCUT2D eigenvalue weighted by Crippen LogP contribution is 2.29. The predicted molar refractivity (Wildman–Crippen MR) is 79.6 cm³/mol. The second kappa shape index (κ2) is 7.63. The summed E-state index contributed by atoms with van der Waals surface area (Å²) in [4.78, 5) is 11.8. The second-order valence-corrected chi connectivity index (χ2v) is 5.69. The van der Waals surface area contributed by atoms with Crippen molar-refractivity contribution >= 4 is 11.6 Å². The number of alkyl halides is 3. The van der Waals surface area contributed by atoms with Crippen LogP contribution in [-0.2, 0) is 11.0 Å². The van der Waals surface area contributed by atoms with Crippen LogP contribution in [-0.4, -0.2) is 18.5 Å². The number of nitrogens with one attached hydrogen (secondary N) is 2. The van der Waals surface area contributed by atoms with Gasteiger partial charge >= 0.3 is 6.18 Å². The van der Waals surface area contributed by atoms with Gasteiger partial charge in [0.1, 0.15) is 0 Å². The Balaban J connectivity index is 1.79. The molecule has 22 heavy (non-hydrogen) atoms. The molecule has 2 rings (SSSR count). The first kappa shape index (κ1) is 16.8. The highest BCUT2D eigenvalue weighted by atomic mass is 19.4. The molecule has 1 saturated carbocycles. The fraction of sp³-hybridized carbons (Fsp3) is 0.562. The summed E-state index contributed by atoms with van der Waals surface area (Å²) < 4.78 is 37.3. The zero-order valence-electron chi connectivity index (χ0n) is 12.4. The molecule has 6 heteroatoms. The van der Waals surface area contributed by atoms with Crippen LogP contribution in [0.25, 0.3) is 0 Å². The van der Waals surface area contributed by atoms with Crippen LogP contribution in [0.3, 0.4) is 0 Å². The molecule has 0 aromatic heterocycles. The van der Waals surface area contributed by atoms with Crippen molar-refractivity contribution in [2.45, 2.75) is 50.7 Å². The molecule has 0 unspecified atom stereocenters. The summed E-state index contributed by atoms with van der Waals surface area (Å²) >= 11 is 0. The molecule has 0 atom stereocenters. The van der Waals surface area contributed by atoms with E-state index < -0.39 is 11.7 Å². The van der Waals surface area contributed by atoms with Gasteiger partial charge < -0.3 is 10.6 Å². The van der Waals surface area contributed by atoms with E-state index in [1.165, 1.54) is 37.8 Å². The smallest absolute Gasteiger partial charge is 0.325 e. The number of halogens is 3. The minimum absolute atomic E-state index is 0.186. The van der Waals surface area contributed by atoms with Gasteiger partial charge in [-0.3, -0.25) is 4.79 Å². The molecule has 3 nitrogen and oxygen atoms in total. The SMILES string of the molecule is O=C(CNC1CCCCCC1)Nc1ccc(C(F)(F)F)cc1. The highest BCUT2D eigenvalue weighted by molar-refractivity contribution is 5.92. The zero-order valence-corrected chi connectivity index (χ0v) is 12.4. The molecule has 0 heterocycles. The number of anilines is 1. The molecule has 122 valence electrons. The maximum atomic E-state index is 12.4. The summed E-state index contributed by atoms with van der Waals surface area (Å²) in [6.45, 7) is 0.186. The molecule has 0 bridgehead atoms. The quantitative estimate of drug-likeness (QED) is 0.826. The molecule has 1 aromatic rings. The lowest BCUT2D eigenvalue weighted by molar-refractivity contribution is -0.137. The lowest BCUT2D eigenvalue weighted by Crippen LogP contribution is -2.35. The van der Waals surface area contributed by atoms with Gasteiger partial charge in [0.15, 0.2) is 0 Å². The monoisotopic (exact) mass is 314 g/mol. The number of benzene rings is 1.